The first kappa shape index (κ1) is 15.7. The molecule has 0 bridgehead atoms. The number of ether oxygens (including phenoxy) is 1. The number of esters is 1. The summed E-state index contributed by atoms with van der Waals surface area (Å²) in [6.07, 6.45) is 1.96. The van der Waals surface area contributed by atoms with E-state index in [1.54, 1.807) is 0 Å². The fraction of sp³-hybridized carbons (Fsp3) is 0.588. The van der Waals surface area contributed by atoms with E-state index < -0.39 is 0 Å². The SMILES string of the molecule is CCCCOC(=O)c1c(C)cc(C(C)(C)C)cc1C. The Labute approximate surface area is 117 Å². The zero-order valence-electron chi connectivity index (χ0n) is 13.1. The highest BCUT2D eigenvalue weighted by Gasteiger charge is 2.19. The van der Waals surface area contributed by atoms with Crippen molar-refractivity contribution in [3.63, 3.8) is 0 Å². The second-order valence-corrected chi connectivity index (χ2v) is 6.22. The van der Waals surface area contributed by atoms with Gasteiger partial charge in [-0.05, 0) is 42.4 Å². The predicted molar refractivity (Wildman–Crippen MR) is 79.8 cm³/mol. The molecule has 0 amide bonds. The van der Waals surface area contributed by atoms with Crippen molar-refractivity contribution in [2.45, 2.75) is 59.8 Å². The summed E-state index contributed by atoms with van der Waals surface area (Å²) < 4.78 is 5.32. The van der Waals surface area contributed by atoms with Crippen LogP contribution in [-0.4, -0.2) is 12.6 Å². The summed E-state index contributed by atoms with van der Waals surface area (Å²) in [6.45, 7) is 13.1. The Morgan fingerprint density at radius 2 is 1.68 bits per heavy atom. The van der Waals surface area contributed by atoms with Crippen LogP contribution in [0.4, 0.5) is 0 Å². The maximum atomic E-state index is 12.1. The third kappa shape index (κ3) is 4.09. The number of rotatable bonds is 4. The Balaban J connectivity index is 3.00. The number of carbonyl (C=O) groups excluding carboxylic acids is 1. The van der Waals surface area contributed by atoms with Gasteiger partial charge >= 0.3 is 5.97 Å². The molecule has 1 aromatic carbocycles. The molecular weight excluding hydrogens is 236 g/mol. The van der Waals surface area contributed by atoms with Crippen LogP contribution >= 0.6 is 0 Å². The first-order chi connectivity index (χ1) is 8.77. The highest BCUT2D eigenvalue weighted by Crippen LogP contribution is 2.27. The monoisotopic (exact) mass is 262 g/mol. The standard InChI is InChI=1S/C17H26O2/c1-7-8-9-19-16(18)15-12(2)10-14(11-13(15)3)17(4,5)6/h10-11H,7-9H2,1-6H3. The van der Waals surface area contributed by atoms with Crippen LogP contribution in [0.15, 0.2) is 12.1 Å². The Bertz CT molecular complexity index is 430. The third-order valence-corrected chi connectivity index (χ3v) is 3.33. The average Bonchev–Trinajstić information content (AvgIpc) is 2.27. The Kier molecular flexibility index (Phi) is 5.16. The van der Waals surface area contributed by atoms with Crippen LogP contribution in [0.2, 0.25) is 0 Å². The van der Waals surface area contributed by atoms with Crippen molar-refractivity contribution in [1.29, 1.82) is 0 Å². The summed E-state index contributed by atoms with van der Waals surface area (Å²) in [7, 11) is 0. The van der Waals surface area contributed by atoms with E-state index >= 15 is 0 Å². The summed E-state index contributed by atoms with van der Waals surface area (Å²) in [4.78, 5) is 12.1. The van der Waals surface area contributed by atoms with Crippen molar-refractivity contribution in [2.24, 2.45) is 0 Å². The van der Waals surface area contributed by atoms with Crippen LogP contribution in [0.25, 0.3) is 0 Å². The maximum absolute atomic E-state index is 12.1. The molecule has 0 aromatic heterocycles. The summed E-state index contributed by atoms with van der Waals surface area (Å²) >= 11 is 0. The number of benzene rings is 1. The molecule has 2 heteroatoms. The van der Waals surface area contributed by atoms with E-state index in [9.17, 15) is 4.79 Å². The second kappa shape index (κ2) is 6.23. The van der Waals surface area contributed by atoms with Crippen LogP contribution in [0.1, 0.15) is 67.6 Å². The number of hydrogen-bond donors (Lipinski definition) is 0. The van der Waals surface area contributed by atoms with Gasteiger partial charge in [0.25, 0.3) is 0 Å². The molecule has 1 aromatic rings. The van der Waals surface area contributed by atoms with E-state index in [2.05, 4.69) is 39.8 Å². The Hall–Kier alpha value is -1.31. The zero-order valence-corrected chi connectivity index (χ0v) is 13.1. The van der Waals surface area contributed by atoms with Gasteiger partial charge in [-0.15, -0.1) is 0 Å². The number of aryl methyl sites for hydroxylation is 2. The van der Waals surface area contributed by atoms with E-state index in [0.717, 1.165) is 29.5 Å². The van der Waals surface area contributed by atoms with E-state index in [4.69, 9.17) is 4.74 Å². The molecule has 0 aliphatic heterocycles. The molecule has 0 unspecified atom stereocenters. The number of unbranched alkanes of at least 4 members (excludes halogenated alkanes) is 1. The molecule has 2 nitrogen and oxygen atoms in total. The Morgan fingerprint density at radius 1 is 1.16 bits per heavy atom. The lowest BCUT2D eigenvalue weighted by molar-refractivity contribution is 0.0498. The fourth-order valence-corrected chi connectivity index (χ4v) is 2.10. The van der Waals surface area contributed by atoms with Crippen LogP contribution in [-0.2, 0) is 10.2 Å². The second-order valence-electron chi connectivity index (χ2n) is 6.22. The predicted octanol–water partition coefficient (Wildman–Crippen LogP) is 4.56. The first-order valence-electron chi connectivity index (χ1n) is 7.06. The molecule has 0 aliphatic rings. The van der Waals surface area contributed by atoms with Gasteiger partial charge in [0.2, 0.25) is 0 Å². The van der Waals surface area contributed by atoms with Crippen molar-refractivity contribution in [1.82, 2.24) is 0 Å². The van der Waals surface area contributed by atoms with Gasteiger partial charge in [0.05, 0.1) is 12.2 Å². The van der Waals surface area contributed by atoms with Crippen molar-refractivity contribution in [3.05, 3.63) is 34.4 Å². The molecule has 0 N–H and O–H groups in total. The molecular formula is C17H26O2. The van der Waals surface area contributed by atoms with E-state index in [-0.39, 0.29) is 11.4 Å². The van der Waals surface area contributed by atoms with E-state index in [1.807, 2.05) is 13.8 Å². The summed E-state index contributed by atoms with van der Waals surface area (Å²) in [5.41, 5.74) is 4.09. The minimum absolute atomic E-state index is 0.0974. The summed E-state index contributed by atoms with van der Waals surface area (Å²) in [5.74, 6) is -0.191. The van der Waals surface area contributed by atoms with Crippen molar-refractivity contribution >= 4 is 5.97 Å². The topological polar surface area (TPSA) is 26.3 Å². The van der Waals surface area contributed by atoms with E-state index in [1.165, 1.54) is 5.56 Å². The molecule has 0 aliphatic carbocycles. The van der Waals surface area contributed by atoms with Crippen LogP contribution < -0.4 is 0 Å². The molecule has 0 saturated carbocycles. The maximum Gasteiger partial charge on any atom is 0.338 e. The van der Waals surface area contributed by atoms with Gasteiger partial charge in [-0.2, -0.15) is 0 Å². The highest BCUT2D eigenvalue weighted by atomic mass is 16.5. The first-order valence-corrected chi connectivity index (χ1v) is 7.06. The lowest BCUT2D eigenvalue weighted by Crippen LogP contribution is -2.15. The minimum Gasteiger partial charge on any atom is -0.462 e. The largest absolute Gasteiger partial charge is 0.462 e. The van der Waals surface area contributed by atoms with Gasteiger partial charge in [0.1, 0.15) is 0 Å². The molecule has 0 saturated heterocycles. The molecule has 0 spiro atoms. The quantitative estimate of drug-likeness (QED) is 0.587. The number of hydrogen-bond acceptors (Lipinski definition) is 2. The fourth-order valence-electron chi connectivity index (χ4n) is 2.10. The van der Waals surface area contributed by atoms with Crippen molar-refractivity contribution in [3.8, 4) is 0 Å². The van der Waals surface area contributed by atoms with Crippen LogP contribution in [0.3, 0.4) is 0 Å². The molecule has 0 fully saturated rings. The van der Waals surface area contributed by atoms with Gasteiger partial charge in [-0.3, -0.25) is 0 Å². The van der Waals surface area contributed by atoms with Crippen molar-refractivity contribution < 1.29 is 9.53 Å². The van der Waals surface area contributed by atoms with Gasteiger partial charge in [-0.1, -0.05) is 46.2 Å². The van der Waals surface area contributed by atoms with Gasteiger partial charge < -0.3 is 4.74 Å². The molecule has 1 rings (SSSR count). The van der Waals surface area contributed by atoms with Crippen LogP contribution in [0.5, 0.6) is 0 Å². The van der Waals surface area contributed by atoms with Gasteiger partial charge in [0, 0.05) is 0 Å². The molecule has 19 heavy (non-hydrogen) atoms. The van der Waals surface area contributed by atoms with Crippen molar-refractivity contribution in [2.75, 3.05) is 6.61 Å². The summed E-state index contributed by atoms with van der Waals surface area (Å²) in [6, 6.07) is 4.20. The summed E-state index contributed by atoms with van der Waals surface area (Å²) in [5, 5.41) is 0. The van der Waals surface area contributed by atoms with E-state index in [0.29, 0.717) is 6.61 Å². The van der Waals surface area contributed by atoms with Crippen LogP contribution in [0, 0.1) is 13.8 Å². The van der Waals surface area contributed by atoms with Gasteiger partial charge in [0.15, 0.2) is 0 Å². The Morgan fingerprint density at radius 3 is 2.11 bits per heavy atom. The lowest BCUT2D eigenvalue weighted by Gasteiger charge is -2.22. The molecule has 106 valence electrons. The number of carbonyl (C=O) groups is 1. The molecule has 0 radical (unpaired) electrons. The normalized spacial score (nSPS) is 11.5. The molecule has 0 atom stereocenters. The average molecular weight is 262 g/mol. The zero-order chi connectivity index (χ0) is 14.6. The minimum atomic E-state index is -0.191. The highest BCUT2D eigenvalue weighted by molar-refractivity contribution is 5.92. The smallest absolute Gasteiger partial charge is 0.338 e. The van der Waals surface area contributed by atoms with Gasteiger partial charge in [-0.25, -0.2) is 4.79 Å². The molecule has 0 heterocycles. The lowest BCUT2D eigenvalue weighted by atomic mass is 9.84. The third-order valence-electron chi connectivity index (χ3n) is 3.33.